The first-order valence-corrected chi connectivity index (χ1v) is 6.10. The molecule has 0 unspecified atom stereocenters. The Balaban J connectivity index is 2.63. The van der Waals surface area contributed by atoms with Crippen LogP contribution in [0.2, 0.25) is 0 Å². The summed E-state index contributed by atoms with van der Waals surface area (Å²) in [6.45, 7) is 3.67. The first-order chi connectivity index (χ1) is 9.47. The van der Waals surface area contributed by atoms with E-state index < -0.39 is 23.0 Å². The van der Waals surface area contributed by atoms with Crippen LogP contribution in [0.1, 0.15) is 27.0 Å². The molecule has 0 atom stereocenters. The Morgan fingerprint density at radius 1 is 1.05 bits per heavy atom. The molecule has 0 aliphatic rings. The second-order valence-corrected chi connectivity index (χ2v) is 4.51. The molecule has 4 heteroatoms. The summed E-state index contributed by atoms with van der Waals surface area (Å²) >= 11 is 0. The van der Waals surface area contributed by atoms with Crippen molar-refractivity contribution < 1.29 is 18.3 Å². The maximum atomic E-state index is 13.7. The zero-order valence-electron chi connectivity index (χ0n) is 11.5. The molecule has 104 valence electrons. The van der Waals surface area contributed by atoms with Crippen molar-refractivity contribution >= 4 is 5.78 Å². The zero-order chi connectivity index (χ0) is 14.9. The SMILES string of the molecule is COc1c(C(=O)c2c(F)cccc2F)ccc(C)c1C. The van der Waals surface area contributed by atoms with Crippen LogP contribution in [-0.2, 0) is 0 Å². The molecule has 0 bridgehead atoms. The van der Waals surface area contributed by atoms with E-state index in [4.69, 9.17) is 4.74 Å². The predicted molar refractivity (Wildman–Crippen MR) is 72.3 cm³/mol. The van der Waals surface area contributed by atoms with Gasteiger partial charge in [0, 0.05) is 0 Å². The predicted octanol–water partition coefficient (Wildman–Crippen LogP) is 3.82. The van der Waals surface area contributed by atoms with Crippen molar-refractivity contribution in [2.45, 2.75) is 13.8 Å². The standard InChI is InChI=1S/C16H14F2O2/c1-9-7-8-11(16(20-3)10(9)2)15(19)14-12(17)5-4-6-13(14)18/h4-8H,1-3H3. The van der Waals surface area contributed by atoms with Crippen molar-refractivity contribution in [2.75, 3.05) is 7.11 Å². The van der Waals surface area contributed by atoms with Gasteiger partial charge in [0.15, 0.2) is 0 Å². The van der Waals surface area contributed by atoms with Gasteiger partial charge in [0.2, 0.25) is 5.78 Å². The van der Waals surface area contributed by atoms with Gasteiger partial charge < -0.3 is 4.74 Å². The molecule has 2 nitrogen and oxygen atoms in total. The van der Waals surface area contributed by atoms with Gasteiger partial charge in [0.05, 0.1) is 18.2 Å². The van der Waals surface area contributed by atoms with Gasteiger partial charge in [-0.3, -0.25) is 4.79 Å². The van der Waals surface area contributed by atoms with Gasteiger partial charge in [-0.1, -0.05) is 12.1 Å². The molecule has 0 fully saturated rings. The highest BCUT2D eigenvalue weighted by Crippen LogP contribution is 2.29. The molecule has 0 N–H and O–H groups in total. The van der Waals surface area contributed by atoms with Gasteiger partial charge in [-0.25, -0.2) is 8.78 Å². The van der Waals surface area contributed by atoms with E-state index in [0.717, 1.165) is 23.3 Å². The van der Waals surface area contributed by atoms with Crippen molar-refractivity contribution in [2.24, 2.45) is 0 Å². The van der Waals surface area contributed by atoms with Gasteiger partial charge in [-0.15, -0.1) is 0 Å². The minimum Gasteiger partial charge on any atom is -0.496 e. The molecule has 0 heterocycles. The number of methoxy groups -OCH3 is 1. The number of carbonyl (C=O) groups is 1. The van der Waals surface area contributed by atoms with Gasteiger partial charge in [0.25, 0.3) is 0 Å². The summed E-state index contributed by atoms with van der Waals surface area (Å²) < 4.78 is 32.6. The first kappa shape index (κ1) is 14.2. The fourth-order valence-electron chi connectivity index (χ4n) is 2.08. The van der Waals surface area contributed by atoms with Crippen LogP contribution in [0.25, 0.3) is 0 Å². The molecular weight excluding hydrogens is 262 g/mol. The Labute approximate surface area is 116 Å². The molecule has 2 aromatic carbocycles. The van der Waals surface area contributed by atoms with Crippen LogP contribution >= 0.6 is 0 Å². The van der Waals surface area contributed by atoms with Crippen LogP contribution in [0.15, 0.2) is 30.3 Å². The average Bonchev–Trinajstić information content (AvgIpc) is 2.41. The van der Waals surface area contributed by atoms with Gasteiger partial charge in [-0.2, -0.15) is 0 Å². The van der Waals surface area contributed by atoms with Crippen molar-refractivity contribution in [3.63, 3.8) is 0 Å². The van der Waals surface area contributed by atoms with E-state index in [1.807, 2.05) is 6.92 Å². The third-order valence-corrected chi connectivity index (χ3v) is 3.32. The van der Waals surface area contributed by atoms with Gasteiger partial charge >= 0.3 is 0 Å². The molecule has 0 aliphatic carbocycles. The highest BCUT2D eigenvalue weighted by Gasteiger charge is 2.23. The largest absolute Gasteiger partial charge is 0.496 e. The number of carbonyl (C=O) groups excluding carboxylic acids is 1. The monoisotopic (exact) mass is 276 g/mol. The van der Waals surface area contributed by atoms with Crippen LogP contribution < -0.4 is 4.74 Å². The van der Waals surface area contributed by atoms with E-state index in [0.29, 0.717) is 5.75 Å². The Kier molecular flexibility index (Phi) is 3.84. The second kappa shape index (κ2) is 5.41. The summed E-state index contributed by atoms with van der Waals surface area (Å²) in [6, 6.07) is 6.59. The average molecular weight is 276 g/mol. The Bertz CT molecular complexity index is 658. The van der Waals surface area contributed by atoms with Crippen LogP contribution in [0, 0.1) is 25.5 Å². The lowest BCUT2D eigenvalue weighted by Crippen LogP contribution is -2.10. The molecule has 2 aromatic rings. The van der Waals surface area contributed by atoms with E-state index >= 15 is 0 Å². The molecular formula is C16H14F2O2. The molecule has 2 rings (SSSR count). The molecule has 20 heavy (non-hydrogen) atoms. The zero-order valence-corrected chi connectivity index (χ0v) is 11.5. The Morgan fingerprint density at radius 2 is 1.65 bits per heavy atom. The Morgan fingerprint density at radius 3 is 2.20 bits per heavy atom. The molecule has 0 saturated heterocycles. The van der Waals surface area contributed by atoms with Gasteiger partial charge in [-0.05, 0) is 43.2 Å². The van der Waals surface area contributed by atoms with Crippen LogP contribution in [0.5, 0.6) is 5.75 Å². The maximum Gasteiger partial charge on any atom is 0.202 e. The molecule has 0 spiro atoms. The summed E-state index contributed by atoms with van der Waals surface area (Å²) in [5, 5.41) is 0. The number of ketones is 1. The number of hydrogen-bond donors (Lipinski definition) is 0. The minimum absolute atomic E-state index is 0.152. The lowest BCUT2D eigenvalue weighted by Gasteiger charge is -2.13. The Hall–Kier alpha value is -2.23. The molecule has 0 saturated carbocycles. The summed E-state index contributed by atoms with van der Waals surface area (Å²) in [5.41, 5.74) is 1.30. The molecule has 0 amide bonds. The van der Waals surface area contributed by atoms with E-state index in [2.05, 4.69) is 0 Å². The fourth-order valence-corrected chi connectivity index (χ4v) is 2.08. The van der Waals surface area contributed by atoms with E-state index in [9.17, 15) is 13.6 Å². The van der Waals surface area contributed by atoms with Crippen molar-refractivity contribution in [3.8, 4) is 5.75 Å². The number of benzene rings is 2. The summed E-state index contributed by atoms with van der Waals surface area (Å²) in [6.07, 6.45) is 0. The third kappa shape index (κ3) is 2.29. The number of halogens is 2. The fraction of sp³-hybridized carbons (Fsp3) is 0.188. The first-order valence-electron chi connectivity index (χ1n) is 6.10. The lowest BCUT2D eigenvalue weighted by molar-refractivity contribution is 0.102. The second-order valence-electron chi connectivity index (χ2n) is 4.51. The molecule has 0 aliphatic heterocycles. The highest BCUT2D eigenvalue weighted by molar-refractivity contribution is 6.11. The highest BCUT2D eigenvalue weighted by atomic mass is 19.1. The number of ether oxygens (including phenoxy) is 1. The number of aryl methyl sites for hydroxylation is 1. The smallest absolute Gasteiger partial charge is 0.202 e. The third-order valence-electron chi connectivity index (χ3n) is 3.32. The maximum absolute atomic E-state index is 13.7. The topological polar surface area (TPSA) is 26.3 Å². The number of rotatable bonds is 3. The minimum atomic E-state index is -0.879. The van der Waals surface area contributed by atoms with Crippen LogP contribution in [0.3, 0.4) is 0 Å². The summed E-state index contributed by atoms with van der Waals surface area (Å²) in [7, 11) is 1.43. The number of hydrogen-bond acceptors (Lipinski definition) is 2. The van der Waals surface area contributed by atoms with Crippen molar-refractivity contribution in [1.29, 1.82) is 0 Å². The van der Waals surface area contributed by atoms with E-state index in [-0.39, 0.29) is 5.56 Å². The summed E-state index contributed by atoms with van der Waals surface area (Å²) in [4.78, 5) is 12.4. The van der Waals surface area contributed by atoms with Crippen LogP contribution in [0.4, 0.5) is 8.78 Å². The lowest BCUT2D eigenvalue weighted by atomic mass is 9.97. The van der Waals surface area contributed by atoms with Gasteiger partial charge in [0.1, 0.15) is 17.4 Å². The van der Waals surface area contributed by atoms with Crippen molar-refractivity contribution in [1.82, 2.24) is 0 Å². The normalized spacial score (nSPS) is 10.4. The van der Waals surface area contributed by atoms with Crippen LogP contribution in [-0.4, -0.2) is 12.9 Å². The van der Waals surface area contributed by atoms with E-state index in [1.54, 1.807) is 13.0 Å². The van der Waals surface area contributed by atoms with E-state index in [1.165, 1.54) is 19.2 Å². The molecule has 0 aromatic heterocycles. The molecule has 0 radical (unpaired) electrons. The van der Waals surface area contributed by atoms with Crippen molar-refractivity contribution in [3.05, 3.63) is 64.2 Å². The summed E-state index contributed by atoms with van der Waals surface area (Å²) in [5.74, 6) is -2.14. The quantitative estimate of drug-likeness (QED) is 0.797.